The van der Waals surface area contributed by atoms with Crippen molar-refractivity contribution in [3.05, 3.63) is 35.5 Å². The van der Waals surface area contributed by atoms with Crippen molar-refractivity contribution in [1.29, 1.82) is 0 Å². The molecule has 0 saturated carbocycles. The van der Waals surface area contributed by atoms with Crippen molar-refractivity contribution in [2.24, 2.45) is 11.8 Å². The van der Waals surface area contributed by atoms with Gasteiger partial charge in [0.2, 0.25) is 0 Å². The van der Waals surface area contributed by atoms with Gasteiger partial charge in [0.05, 0.1) is 0 Å². The zero-order chi connectivity index (χ0) is 18.0. The summed E-state index contributed by atoms with van der Waals surface area (Å²) in [5, 5.41) is 0. The molecule has 136 valence electrons. The Kier molecular flexibility index (Phi) is 5.45. The lowest BCUT2D eigenvalue weighted by Gasteiger charge is -2.29. The van der Waals surface area contributed by atoms with Gasteiger partial charge in [-0.15, -0.1) is 0 Å². The van der Waals surface area contributed by atoms with Crippen LogP contribution in [0.3, 0.4) is 0 Å². The van der Waals surface area contributed by atoms with E-state index in [0.29, 0.717) is 24.3 Å². The van der Waals surface area contributed by atoms with E-state index in [1.165, 1.54) is 5.57 Å². The van der Waals surface area contributed by atoms with Crippen LogP contribution in [0.15, 0.2) is 35.5 Å². The zero-order valence-corrected chi connectivity index (χ0v) is 15.3. The molecule has 2 fully saturated rings. The predicted octanol–water partition coefficient (Wildman–Crippen LogP) is 4.26. The molecule has 4 unspecified atom stereocenters. The Labute approximate surface area is 150 Å². The van der Waals surface area contributed by atoms with E-state index in [-0.39, 0.29) is 30.1 Å². The Bertz CT molecular complexity index is 628. The highest BCUT2D eigenvalue weighted by Crippen LogP contribution is 2.35. The van der Waals surface area contributed by atoms with Crippen LogP contribution in [0.5, 0.6) is 0 Å². The van der Waals surface area contributed by atoms with E-state index >= 15 is 0 Å². The zero-order valence-electron chi connectivity index (χ0n) is 15.3. The summed E-state index contributed by atoms with van der Waals surface area (Å²) in [7, 11) is 0. The Balaban J connectivity index is 1.83. The first-order chi connectivity index (χ1) is 11.9. The van der Waals surface area contributed by atoms with Gasteiger partial charge in [0.25, 0.3) is 0 Å². The Hall–Kier alpha value is -1.84. The second-order valence-electron chi connectivity index (χ2n) is 7.80. The van der Waals surface area contributed by atoms with Crippen molar-refractivity contribution in [3.63, 3.8) is 0 Å². The van der Waals surface area contributed by atoms with Gasteiger partial charge in [0.1, 0.15) is 12.2 Å². The second-order valence-corrected chi connectivity index (χ2v) is 7.80. The van der Waals surface area contributed by atoms with E-state index in [0.717, 1.165) is 37.7 Å². The minimum absolute atomic E-state index is 0.0374. The first-order valence-electron chi connectivity index (χ1n) is 9.34. The lowest BCUT2D eigenvalue weighted by molar-refractivity contribution is -0.156. The minimum atomic E-state index is -0.283. The third kappa shape index (κ3) is 4.42. The highest BCUT2D eigenvalue weighted by atomic mass is 16.6. The molecule has 0 aromatic heterocycles. The molecule has 2 saturated heterocycles. The smallest absolute Gasteiger partial charge is 0.334 e. The van der Waals surface area contributed by atoms with Crippen LogP contribution >= 0.6 is 0 Å². The van der Waals surface area contributed by atoms with Gasteiger partial charge >= 0.3 is 11.9 Å². The van der Waals surface area contributed by atoms with Gasteiger partial charge in [-0.25, -0.2) is 4.79 Å². The van der Waals surface area contributed by atoms with Crippen LogP contribution in [0, 0.1) is 11.8 Å². The van der Waals surface area contributed by atoms with Gasteiger partial charge in [-0.1, -0.05) is 23.8 Å². The molecule has 25 heavy (non-hydrogen) atoms. The van der Waals surface area contributed by atoms with Crippen molar-refractivity contribution in [1.82, 2.24) is 0 Å². The molecule has 0 spiro atoms. The van der Waals surface area contributed by atoms with Crippen molar-refractivity contribution in [2.45, 2.75) is 71.0 Å². The SMILES string of the molecule is C=C1C(=O)OC2C=C(C)CC3CC(CCC=C(C)CCC12)CC(=O)O3. The number of ether oxygens (including phenoxy) is 2. The number of esters is 2. The van der Waals surface area contributed by atoms with Gasteiger partial charge in [0, 0.05) is 24.3 Å². The second kappa shape index (κ2) is 7.59. The number of rotatable bonds is 0. The van der Waals surface area contributed by atoms with Crippen LogP contribution in [0.2, 0.25) is 0 Å². The summed E-state index contributed by atoms with van der Waals surface area (Å²) in [6.45, 7) is 8.11. The molecule has 4 atom stereocenters. The molecule has 4 heteroatoms. The van der Waals surface area contributed by atoms with E-state index < -0.39 is 0 Å². The molecule has 2 bridgehead atoms. The quantitative estimate of drug-likeness (QED) is 0.374. The standard InChI is InChI=1S/C21H28O4/c1-13-5-4-6-16-11-17(24-20(22)12-16)9-14(2)10-19-18(8-7-13)15(3)21(23)25-19/h5,10,16-19H,3-4,6-9,11-12H2,1-2H3. The number of fused-ring (bicyclic) bond motifs is 3. The van der Waals surface area contributed by atoms with Gasteiger partial charge in [0.15, 0.2) is 0 Å². The van der Waals surface area contributed by atoms with E-state index in [1.54, 1.807) is 0 Å². The Morgan fingerprint density at radius 3 is 2.68 bits per heavy atom. The molecule has 0 radical (unpaired) electrons. The molecule has 1 aliphatic carbocycles. The number of allylic oxidation sites excluding steroid dienone is 2. The fraction of sp³-hybridized carbons (Fsp3) is 0.619. The van der Waals surface area contributed by atoms with E-state index in [2.05, 4.69) is 19.6 Å². The normalized spacial score (nSPS) is 34.2. The average Bonchev–Trinajstić information content (AvgIpc) is 2.78. The van der Waals surface area contributed by atoms with Crippen molar-refractivity contribution in [2.75, 3.05) is 0 Å². The minimum Gasteiger partial charge on any atom is -0.462 e. The van der Waals surface area contributed by atoms with Crippen LogP contribution in [0.1, 0.15) is 58.8 Å². The van der Waals surface area contributed by atoms with Crippen molar-refractivity contribution >= 4 is 11.9 Å². The largest absolute Gasteiger partial charge is 0.462 e. The van der Waals surface area contributed by atoms with E-state index in [4.69, 9.17) is 9.47 Å². The maximum atomic E-state index is 12.0. The van der Waals surface area contributed by atoms with Crippen LogP contribution < -0.4 is 0 Å². The van der Waals surface area contributed by atoms with Crippen LogP contribution in [-0.2, 0) is 19.1 Å². The third-order valence-corrected chi connectivity index (χ3v) is 5.61. The lowest BCUT2D eigenvalue weighted by atomic mass is 9.86. The van der Waals surface area contributed by atoms with Gasteiger partial charge in [-0.05, 0) is 57.9 Å². The average molecular weight is 344 g/mol. The molecular weight excluding hydrogens is 316 g/mol. The Morgan fingerprint density at radius 1 is 1.08 bits per heavy atom. The molecule has 2 aliphatic heterocycles. The summed E-state index contributed by atoms with van der Waals surface area (Å²) >= 11 is 0. The van der Waals surface area contributed by atoms with E-state index in [1.807, 2.05) is 13.0 Å². The lowest BCUT2D eigenvalue weighted by Crippen LogP contribution is -2.30. The van der Waals surface area contributed by atoms with Crippen molar-refractivity contribution < 1.29 is 19.1 Å². The highest BCUT2D eigenvalue weighted by Gasteiger charge is 2.37. The number of carbonyl (C=O) groups is 2. The van der Waals surface area contributed by atoms with Crippen LogP contribution in [0.4, 0.5) is 0 Å². The summed E-state index contributed by atoms with van der Waals surface area (Å²) < 4.78 is 11.1. The first-order valence-corrected chi connectivity index (χ1v) is 9.34. The molecule has 4 nitrogen and oxygen atoms in total. The van der Waals surface area contributed by atoms with Gasteiger partial charge in [-0.3, -0.25) is 4.79 Å². The van der Waals surface area contributed by atoms with Crippen LogP contribution in [-0.4, -0.2) is 24.1 Å². The molecule has 3 rings (SSSR count). The van der Waals surface area contributed by atoms with E-state index in [9.17, 15) is 9.59 Å². The predicted molar refractivity (Wildman–Crippen MR) is 95.7 cm³/mol. The molecule has 0 amide bonds. The summed E-state index contributed by atoms with van der Waals surface area (Å²) in [6.07, 6.45) is 10.0. The fourth-order valence-electron chi connectivity index (χ4n) is 4.20. The summed E-state index contributed by atoms with van der Waals surface area (Å²) in [6, 6.07) is 0. The summed E-state index contributed by atoms with van der Waals surface area (Å²) in [5.41, 5.74) is 3.02. The monoisotopic (exact) mass is 344 g/mol. The molecule has 0 aromatic rings. The topological polar surface area (TPSA) is 52.6 Å². The highest BCUT2D eigenvalue weighted by molar-refractivity contribution is 5.91. The van der Waals surface area contributed by atoms with Gasteiger partial charge < -0.3 is 9.47 Å². The first kappa shape index (κ1) is 18.0. The van der Waals surface area contributed by atoms with Crippen molar-refractivity contribution in [3.8, 4) is 0 Å². The third-order valence-electron chi connectivity index (χ3n) is 5.61. The molecule has 0 aromatic carbocycles. The fourth-order valence-corrected chi connectivity index (χ4v) is 4.20. The number of hydrogen-bond donors (Lipinski definition) is 0. The summed E-state index contributed by atoms with van der Waals surface area (Å²) in [5.74, 6) is 0.0767. The van der Waals surface area contributed by atoms with Gasteiger partial charge in [-0.2, -0.15) is 0 Å². The molecular formula is C21H28O4. The Morgan fingerprint density at radius 2 is 1.88 bits per heavy atom. The maximum absolute atomic E-state index is 12.0. The summed E-state index contributed by atoms with van der Waals surface area (Å²) in [4.78, 5) is 23.9. The number of carbonyl (C=O) groups excluding carboxylic acids is 2. The molecule has 2 heterocycles. The molecule has 0 N–H and O–H groups in total. The maximum Gasteiger partial charge on any atom is 0.334 e. The molecule has 3 aliphatic rings. The number of hydrogen-bond acceptors (Lipinski definition) is 4. The van der Waals surface area contributed by atoms with Crippen LogP contribution in [0.25, 0.3) is 0 Å².